The van der Waals surface area contributed by atoms with E-state index < -0.39 is 0 Å². The molecule has 30 heavy (non-hydrogen) atoms. The molecule has 0 aliphatic rings. The van der Waals surface area contributed by atoms with Gasteiger partial charge in [0.15, 0.2) is 4.80 Å². The third-order valence-electron chi connectivity index (χ3n) is 4.42. The number of carbonyl (C=O) groups is 1. The van der Waals surface area contributed by atoms with Crippen molar-refractivity contribution >= 4 is 39.2 Å². The summed E-state index contributed by atoms with van der Waals surface area (Å²) in [5, 5.41) is 0. The Kier molecular flexibility index (Phi) is 8.36. The summed E-state index contributed by atoms with van der Waals surface area (Å²) in [7, 11) is 3.29. The second kappa shape index (κ2) is 11.2. The number of thiazole rings is 1. The minimum atomic E-state index is -0.125. The molecule has 0 spiro atoms. The second-order valence-electron chi connectivity index (χ2n) is 6.35. The first-order valence-corrected chi connectivity index (χ1v) is 11.5. The molecule has 160 valence electrons. The number of fused-ring (bicyclic) bond motifs is 1. The average Bonchev–Trinajstić information content (AvgIpc) is 3.10. The normalized spacial score (nSPS) is 11.8. The van der Waals surface area contributed by atoms with Gasteiger partial charge in [0, 0.05) is 30.2 Å². The van der Waals surface area contributed by atoms with Gasteiger partial charge in [0.1, 0.15) is 11.5 Å². The van der Waals surface area contributed by atoms with E-state index in [0.29, 0.717) is 36.7 Å². The van der Waals surface area contributed by atoms with E-state index in [2.05, 4.69) is 4.99 Å². The fraction of sp³-hybridized carbons (Fsp3) is 0.364. The Hall–Kier alpha value is -2.29. The van der Waals surface area contributed by atoms with Gasteiger partial charge in [-0.05, 0) is 49.4 Å². The first-order valence-electron chi connectivity index (χ1n) is 9.74. The third kappa shape index (κ3) is 5.87. The Morgan fingerprint density at radius 3 is 2.53 bits per heavy atom. The van der Waals surface area contributed by atoms with Crippen molar-refractivity contribution in [3.63, 3.8) is 0 Å². The maximum Gasteiger partial charge on any atom is 0.249 e. The minimum absolute atomic E-state index is 0.125. The van der Waals surface area contributed by atoms with Crippen LogP contribution in [0.4, 0.5) is 0 Å². The lowest BCUT2D eigenvalue weighted by Gasteiger charge is -2.06. The molecule has 1 aromatic heterocycles. The van der Waals surface area contributed by atoms with Crippen LogP contribution in [0.2, 0.25) is 0 Å². The zero-order chi connectivity index (χ0) is 21.3. The summed E-state index contributed by atoms with van der Waals surface area (Å²) in [6.07, 6.45) is 0.375. The molecule has 6 nitrogen and oxygen atoms in total. The number of amides is 1. The minimum Gasteiger partial charge on any atom is -0.497 e. The quantitative estimate of drug-likeness (QED) is 0.342. The highest BCUT2D eigenvalue weighted by atomic mass is 32.2. The molecule has 0 saturated heterocycles. The Bertz CT molecular complexity index is 1040. The van der Waals surface area contributed by atoms with Gasteiger partial charge in [0.25, 0.3) is 0 Å². The highest BCUT2D eigenvalue weighted by Gasteiger charge is 2.09. The van der Waals surface area contributed by atoms with Crippen LogP contribution in [0.3, 0.4) is 0 Å². The molecular formula is C22H26N2O4S2. The van der Waals surface area contributed by atoms with Crippen molar-refractivity contribution in [2.24, 2.45) is 4.99 Å². The number of carbonyl (C=O) groups excluding carboxylic acids is 1. The van der Waals surface area contributed by atoms with E-state index in [1.54, 1.807) is 26.0 Å². The molecule has 8 heteroatoms. The van der Waals surface area contributed by atoms with Gasteiger partial charge in [-0.2, -0.15) is 4.99 Å². The number of nitrogens with zero attached hydrogens (tertiary/aromatic N) is 2. The largest absolute Gasteiger partial charge is 0.497 e. The summed E-state index contributed by atoms with van der Waals surface area (Å²) >= 11 is 3.13. The number of thioether (sulfide) groups is 1. The molecule has 3 aromatic rings. The zero-order valence-electron chi connectivity index (χ0n) is 17.4. The second-order valence-corrected chi connectivity index (χ2v) is 8.52. The van der Waals surface area contributed by atoms with Gasteiger partial charge in [0.05, 0.1) is 31.0 Å². The van der Waals surface area contributed by atoms with Crippen LogP contribution in [-0.4, -0.2) is 43.7 Å². The van der Waals surface area contributed by atoms with Gasteiger partial charge in [-0.15, -0.1) is 11.8 Å². The molecule has 0 fully saturated rings. The number of aromatic nitrogens is 1. The van der Waals surface area contributed by atoms with Gasteiger partial charge in [-0.25, -0.2) is 0 Å². The molecule has 0 bridgehead atoms. The molecule has 0 N–H and O–H groups in total. The lowest BCUT2D eigenvalue weighted by molar-refractivity contribution is -0.117. The highest BCUT2D eigenvalue weighted by molar-refractivity contribution is 7.99. The first kappa shape index (κ1) is 22.4. The maximum atomic E-state index is 12.5. The summed E-state index contributed by atoms with van der Waals surface area (Å²) in [5.41, 5.74) is 1.03. The lowest BCUT2D eigenvalue weighted by atomic mass is 10.3. The van der Waals surface area contributed by atoms with Crippen molar-refractivity contribution in [3.8, 4) is 11.5 Å². The average molecular weight is 447 g/mol. The summed E-state index contributed by atoms with van der Waals surface area (Å²) in [6.45, 7) is 3.84. The van der Waals surface area contributed by atoms with E-state index in [1.807, 2.05) is 54.0 Å². The fourth-order valence-electron chi connectivity index (χ4n) is 2.87. The first-order chi connectivity index (χ1) is 14.6. The number of benzene rings is 2. The topological polar surface area (TPSA) is 62.1 Å². The predicted molar refractivity (Wildman–Crippen MR) is 122 cm³/mol. The van der Waals surface area contributed by atoms with E-state index in [4.69, 9.17) is 14.2 Å². The van der Waals surface area contributed by atoms with Crippen LogP contribution in [0, 0.1) is 0 Å². The number of hydrogen-bond donors (Lipinski definition) is 0. The zero-order valence-corrected chi connectivity index (χ0v) is 19.1. The van der Waals surface area contributed by atoms with Crippen LogP contribution in [0.1, 0.15) is 13.3 Å². The smallest absolute Gasteiger partial charge is 0.249 e. The molecule has 1 amide bonds. The number of hydrogen-bond acceptors (Lipinski definition) is 6. The molecule has 1 heterocycles. The number of rotatable bonds is 10. The van der Waals surface area contributed by atoms with Crippen molar-refractivity contribution in [1.82, 2.24) is 4.57 Å². The lowest BCUT2D eigenvalue weighted by Crippen LogP contribution is -2.19. The van der Waals surface area contributed by atoms with Crippen molar-refractivity contribution in [3.05, 3.63) is 47.3 Å². The van der Waals surface area contributed by atoms with Gasteiger partial charge >= 0.3 is 0 Å². The molecule has 0 unspecified atom stereocenters. The molecule has 0 atom stereocenters. The Labute approximate surface area is 184 Å². The summed E-state index contributed by atoms with van der Waals surface area (Å²) < 4.78 is 19.1. The van der Waals surface area contributed by atoms with E-state index >= 15 is 0 Å². The molecule has 0 aliphatic heterocycles. The number of methoxy groups -OCH3 is 2. The van der Waals surface area contributed by atoms with E-state index in [0.717, 1.165) is 26.6 Å². The Morgan fingerprint density at radius 1 is 1.10 bits per heavy atom. The standard InChI is InChI=1S/C22H26N2O4S2/c1-4-28-13-12-24-19-10-7-17(27-3)15-20(19)30-22(24)23-21(25)11-14-29-18-8-5-16(26-2)6-9-18/h5-10,15H,4,11-14H2,1-3H3. The van der Waals surface area contributed by atoms with Crippen LogP contribution < -0.4 is 14.3 Å². The summed E-state index contributed by atoms with van der Waals surface area (Å²) in [4.78, 5) is 18.7. The van der Waals surface area contributed by atoms with Crippen LogP contribution >= 0.6 is 23.1 Å². The predicted octanol–water partition coefficient (Wildman–Crippen LogP) is 4.37. The molecular weight excluding hydrogens is 420 g/mol. The maximum absolute atomic E-state index is 12.5. The molecule has 3 rings (SSSR count). The molecule has 0 saturated carbocycles. The van der Waals surface area contributed by atoms with E-state index in [9.17, 15) is 4.79 Å². The van der Waals surface area contributed by atoms with Gasteiger partial charge in [-0.3, -0.25) is 4.79 Å². The Morgan fingerprint density at radius 2 is 1.83 bits per heavy atom. The van der Waals surface area contributed by atoms with Crippen molar-refractivity contribution in [1.29, 1.82) is 0 Å². The van der Waals surface area contributed by atoms with Crippen LogP contribution in [0.15, 0.2) is 52.4 Å². The summed E-state index contributed by atoms with van der Waals surface area (Å²) in [5.74, 6) is 2.16. The van der Waals surface area contributed by atoms with Crippen LogP contribution in [0.25, 0.3) is 10.2 Å². The number of ether oxygens (including phenoxy) is 3. The third-order valence-corrected chi connectivity index (χ3v) is 6.47. The fourth-order valence-corrected chi connectivity index (χ4v) is 4.82. The van der Waals surface area contributed by atoms with E-state index in [1.165, 1.54) is 11.3 Å². The van der Waals surface area contributed by atoms with Gasteiger partial charge < -0.3 is 18.8 Å². The van der Waals surface area contributed by atoms with Crippen LogP contribution in [0.5, 0.6) is 11.5 Å². The Balaban J connectivity index is 1.73. The highest BCUT2D eigenvalue weighted by Crippen LogP contribution is 2.24. The molecule has 2 aromatic carbocycles. The van der Waals surface area contributed by atoms with E-state index in [-0.39, 0.29) is 5.91 Å². The summed E-state index contributed by atoms with van der Waals surface area (Å²) in [6, 6.07) is 13.7. The van der Waals surface area contributed by atoms with Gasteiger partial charge in [0.2, 0.25) is 5.91 Å². The SMILES string of the molecule is CCOCCn1c(=NC(=O)CCSc2ccc(OC)cc2)sc2cc(OC)ccc21. The van der Waals surface area contributed by atoms with Crippen molar-refractivity contribution in [2.45, 2.75) is 24.8 Å². The monoisotopic (exact) mass is 446 g/mol. The molecule has 0 radical (unpaired) electrons. The van der Waals surface area contributed by atoms with Gasteiger partial charge in [-0.1, -0.05) is 11.3 Å². The van der Waals surface area contributed by atoms with Crippen molar-refractivity contribution in [2.75, 3.05) is 33.2 Å². The van der Waals surface area contributed by atoms with Crippen LogP contribution in [-0.2, 0) is 16.1 Å². The molecule has 0 aliphatic carbocycles. The van der Waals surface area contributed by atoms with Crippen molar-refractivity contribution < 1.29 is 19.0 Å².